The first-order valence-electron chi connectivity index (χ1n) is 10.7. The molecule has 1 unspecified atom stereocenters. The number of aliphatic hydroxyl groups excluding tert-OH is 1. The lowest BCUT2D eigenvalue weighted by Crippen LogP contribution is -2.22. The average Bonchev–Trinajstić information content (AvgIpc) is 3.20. The summed E-state index contributed by atoms with van der Waals surface area (Å²) >= 11 is 0. The zero-order chi connectivity index (χ0) is 22.2. The number of aliphatic imine (C=N–C) groups is 1. The number of nitrogens with one attached hydrogen (secondary N) is 2. The van der Waals surface area contributed by atoms with Crippen molar-refractivity contribution >= 4 is 11.7 Å². The van der Waals surface area contributed by atoms with Gasteiger partial charge in [-0.2, -0.15) is 4.99 Å². The molecule has 0 saturated carbocycles. The first kappa shape index (κ1) is 22.8. The quantitative estimate of drug-likeness (QED) is 0.422. The number of methoxy groups -OCH3 is 1. The van der Waals surface area contributed by atoms with Gasteiger partial charge in [-0.3, -0.25) is 5.41 Å². The van der Waals surface area contributed by atoms with Gasteiger partial charge in [-0.25, -0.2) is 0 Å². The van der Waals surface area contributed by atoms with Crippen LogP contribution in [0, 0.1) is 5.41 Å². The molecule has 166 valence electrons. The van der Waals surface area contributed by atoms with Crippen molar-refractivity contribution in [3.05, 3.63) is 58.7 Å². The van der Waals surface area contributed by atoms with Crippen LogP contribution in [0.15, 0.2) is 41.4 Å². The molecule has 3 N–H and O–H groups in total. The van der Waals surface area contributed by atoms with Gasteiger partial charge in [0.15, 0.2) is 17.3 Å². The normalized spacial score (nSPS) is 15.5. The maximum absolute atomic E-state index is 9.11. The smallest absolute Gasteiger partial charge is 0.222 e. The maximum atomic E-state index is 9.11. The van der Waals surface area contributed by atoms with E-state index in [9.17, 15) is 0 Å². The summed E-state index contributed by atoms with van der Waals surface area (Å²) in [6.07, 6.45) is 1.81. The van der Waals surface area contributed by atoms with Crippen molar-refractivity contribution in [2.75, 3.05) is 33.5 Å². The Labute approximate surface area is 183 Å². The van der Waals surface area contributed by atoms with Crippen LogP contribution < -0.4 is 14.8 Å². The molecule has 0 aromatic heterocycles. The molecule has 0 spiro atoms. The van der Waals surface area contributed by atoms with E-state index in [2.05, 4.69) is 16.4 Å². The second kappa shape index (κ2) is 10.9. The molecule has 31 heavy (non-hydrogen) atoms. The first-order valence-corrected chi connectivity index (χ1v) is 10.7. The number of rotatable bonds is 9. The minimum absolute atomic E-state index is 0.106. The summed E-state index contributed by atoms with van der Waals surface area (Å²) in [4.78, 5) is 4.50. The fourth-order valence-corrected chi connectivity index (χ4v) is 3.90. The molecule has 2 aromatic rings. The lowest BCUT2D eigenvalue weighted by molar-refractivity contribution is 0.284. The molecular weight excluding hydrogens is 394 g/mol. The fourth-order valence-electron chi connectivity index (χ4n) is 3.90. The zero-order valence-electron chi connectivity index (χ0n) is 18.4. The summed E-state index contributed by atoms with van der Waals surface area (Å²) < 4.78 is 16.9. The third-order valence-corrected chi connectivity index (χ3v) is 5.23. The molecule has 0 amide bonds. The van der Waals surface area contributed by atoms with Crippen LogP contribution >= 0.6 is 0 Å². The van der Waals surface area contributed by atoms with E-state index < -0.39 is 0 Å². The maximum Gasteiger partial charge on any atom is 0.222 e. The van der Waals surface area contributed by atoms with Gasteiger partial charge in [-0.15, -0.1) is 0 Å². The van der Waals surface area contributed by atoms with E-state index in [4.69, 9.17) is 24.7 Å². The summed E-state index contributed by atoms with van der Waals surface area (Å²) in [5.41, 5.74) is 3.82. The zero-order valence-corrected chi connectivity index (χ0v) is 18.4. The van der Waals surface area contributed by atoms with Crippen LogP contribution in [-0.2, 0) is 11.2 Å². The van der Waals surface area contributed by atoms with Crippen LogP contribution in [0.3, 0.4) is 0 Å². The van der Waals surface area contributed by atoms with Crippen molar-refractivity contribution in [2.45, 2.75) is 32.7 Å². The number of hydrogen-bond acceptors (Lipinski definition) is 6. The van der Waals surface area contributed by atoms with E-state index in [1.807, 2.05) is 44.2 Å². The van der Waals surface area contributed by atoms with Crippen LogP contribution in [0.2, 0.25) is 0 Å². The van der Waals surface area contributed by atoms with E-state index >= 15 is 0 Å². The van der Waals surface area contributed by atoms with Crippen molar-refractivity contribution in [3.8, 4) is 11.5 Å². The van der Waals surface area contributed by atoms with Crippen molar-refractivity contribution in [1.82, 2.24) is 5.32 Å². The summed E-state index contributed by atoms with van der Waals surface area (Å²) in [5, 5.41) is 21.1. The third-order valence-electron chi connectivity index (χ3n) is 5.23. The van der Waals surface area contributed by atoms with Gasteiger partial charge in [-0.1, -0.05) is 18.2 Å². The molecule has 0 radical (unpaired) electrons. The molecule has 2 aromatic carbocycles. The van der Waals surface area contributed by atoms with E-state index in [0.29, 0.717) is 42.7 Å². The highest BCUT2D eigenvalue weighted by Crippen LogP contribution is 2.34. The van der Waals surface area contributed by atoms with Crippen molar-refractivity contribution in [2.24, 2.45) is 4.99 Å². The minimum Gasteiger partial charge on any atom is -0.490 e. The van der Waals surface area contributed by atoms with Crippen LogP contribution in [0.25, 0.3) is 0 Å². The van der Waals surface area contributed by atoms with Crippen molar-refractivity contribution in [3.63, 3.8) is 0 Å². The van der Waals surface area contributed by atoms with E-state index in [1.165, 1.54) is 5.56 Å². The highest BCUT2D eigenvalue weighted by atomic mass is 16.5. The predicted molar refractivity (Wildman–Crippen MR) is 122 cm³/mol. The molecule has 1 aliphatic carbocycles. The lowest BCUT2D eigenvalue weighted by atomic mass is 10.0. The Morgan fingerprint density at radius 1 is 1.16 bits per heavy atom. The lowest BCUT2D eigenvalue weighted by Gasteiger charge is -2.15. The van der Waals surface area contributed by atoms with Gasteiger partial charge in [0.2, 0.25) is 5.90 Å². The number of hydrogen-bond donors (Lipinski definition) is 3. The van der Waals surface area contributed by atoms with Crippen LogP contribution in [0.1, 0.15) is 48.6 Å². The number of aliphatic hydroxyl groups is 1. The van der Waals surface area contributed by atoms with Gasteiger partial charge < -0.3 is 24.6 Å². The number of nitrogens with zero attached hydrogens (tertiary/aromatic N) is 1. The largest absolute Gasteiger partial charge is 0.490 e. The highest BCUT2D eigenvalue weighted by molar-refractivity contribution is 6.09. The number of ether oxygens (including phenoxy) is 3. The van der Waals surface area contributed by atoms with Crippen LogP contribution in [-0.4, -0.2) is 50.3 Å². The van der Waals surface area contributed by atoms with Gasteiger partial charge >= 0.3 is 0 Å². The molecule has 0 saturated heterocycles. The molecule has 7 nitrogen and oxygen atoms in total. The Balaban J connectivity index is 1.90. The van der Waals surface area contributed by atoms with Gasteiger partial charge in [0.1, 0.15) is 0 Å². The van der Waals surface area contributed by atoms with Gasteiger partial charge in [-0.05, 0) is 56.0 Å². The van der Waals surface area contributed by atoms with Gasteiger partial charge in [0.25, 0.3) is 0 Å². The summed E-state index contributed by atoms with van der Waals surface area (Å²) in [7, 11) is 1.55. The fraction of sp³-hybridized carbons (Fsp3) is 0.417. The summed E-state index contributed by atoms with van der Waals surface area (Å²) in [6.45, 7) is 5.56. The highest BCUT2D eigenvalue weighted by Gasteiger charge is 2.25. The Morgan fingerprint density at radius 2 is 1.94 bits per heavy atom. The van der Waals surface area contributed by atoms with Crippen LogP contribution in [0.5, 0.6) is 11.5 Å². The monoisotopic (exact) mass is 425 g/mol. The third kappa shape index (κ3) is 5.24. The molecule has 0 fully saturated rings. The topological polar surface area (TPSA) is 96.2 Å². The molecule has 7 heteroatoms. The molecule has 3 rings (SSSR count). The van der Waals surface area contributed by atoms with Crippen molar-refractivity contribution in [1.29, 1.82) is 5.41 Å². The van der Waals surface area contributed by atoms with E-state index in [0.717, 1.165) is 24.0 Å². The Bertz CT molecular complexity index is 942. The Morgan fingerprint density at radius 3 is 2.65 bits per heavy atom. The van der Waals surface area contributed by atoms with Crippen molar-refractivity contribution < 1.29 is 19.3 Å². The molecule has 0 heterocycles. The van der Waals surface area contributed by atoms with Gasteiger partial charge in [0.05, 0.1) is 26.9 Å². The second-order valence-electron chi connectivity index (χ2n) is 7.14. The number of fused-ring (bicyclic) bond motifs is 1. The SMILES string of the molecule is CCOc1ccc(/C(=N/C(=N)c2cccc3c2CCC3NCCO)OC)cc1OCC. The van der Waals surface area contributed by atoms with Gasteiger partial charge in [0, 0.05) is 23.7 Å². The standard InChI is InChI=1S/C24H31N3O4/c1-4-30-21-12-9-16(15-22(21)31-5-2)24(29-3)27-23(25)19-8-6-7-18-17(19)10-11-20(18)26-13-14-28/h6-9,12,15,20,25-26,28H,4-5,10-11,13-14H2,1-3H3/b25-23?,27-24-. The molecule has 1 atom stereocenters. The second-order valence-corrected chi connectivity index (χ2v) is 7.14. The van der Waals surface area contributed by atoms with E-state index in [1.54, 1.807) is 7.11 Å². The molecule has 0 bridgehead atoms. The Hall–Kier alpha value is -2.90. The summed E-state index contributed by atoms with van der Waals surface area (Å²) in [5.74, 6) is 1.79. The average molecular weight is 426 g/mol. The van der Waals surface area contributed by atoms with E-state index in [-0.39, 0.29) is 18.5 Å². The minimum atomic E-state index is 0.106. The predicted octanol–water partition coefficient (Wildman–Crippen LogP) is 3.47. The Kier molecular flexibility index (Phi) is 8.03. The summed E-state index contributed by atoms with van der Waals surface area (Å²) in [6, 6.07) is 11.7. The molecule has 0 aliphatic heterocycles. The number of benzene rings is 2. The molecular formula is C24H31N3O4. The number of amidine groups is 1. The molecule has 1 aliphatic rings. The first-order chi connectivity index (χ1) is 15.1. The van der Waals surface area contributed by atoms with Crippen LogP contribution in [0.4, 0.5) is 0 Å².